The van der Waals surface area contributed by atoms with Crippen LogP contribution in [0.4, 0.5) is 11.6 Å². The van der Waals surface area contributed by atoms with Gasteiger partial charge in [0.25, 0.3) is 0 Å². The molecule has 0 fully saturated rings. The number of nitrogens with two attached hydrogens (primary N) is 2. The molecule has 3 heterocycles. The van der Waals surface area contributed by atoms with Gasteiger partial charge in [0.05, 0.1) is 25.8 Å². The Hall–Kier alpha value is -3.92. The van der Waals surface area contributed by atoms with Gasteiger partial charge in [0.15, 0.2) is 0 Å². The molecule has 3 rings (SSSR count). The van der Waals surface area contributed by atoms with Crippen LogP contribution in [0.1, 0.15) is 55.2 Å². The highest BCUT2D eigenvalue weighted by molar-refractivity contribution is 8.79. The normalized spacial score (nSPS) is 12.4. The van der Waals surface area contributed by atoms with E-state index in [0.717, 1.165) is 4.91 Å². The minimum absolute atomic E-state index is 0.0100. The van der Waals surface area contributed by atoms with E-state index in [1.807, 2.05) is 0 Å². The number of aliphatic hydroxyl groups excluding tert-OH is 2. The number of aliphatic hydroxyl groups is 2. The standard InChI is InChI=1S/C29H38N8O5S2/c1-18(36(17-40)15-22-13-32-20(3)34-28(22)30)25(7-9-38)43-44-26(8-10-39)19(2)37(27(41)12-24-6-5-11-42-24)16-23-14-33-21(4)35-29(23)31/h5-6,11,13-14,17,38-39H,7-10,12,15-16H2,1-4H3,(H2,30,32,34)(H2,31,33,35). The molecule has 3 aromatic heterocycles. The predicted molar refractivity (Wildman–Crippen MR) is 171 cm³/mol. The van der Waals surface area contributed by atoms with Gasteiger partial charge >= 0.3 is 0 Å². The number of rotatable bonds is 16. The van der Waals surface area contributed by atoms with Gasteiger partial charge in [-0.05, 0) is 39.8 Å². The number of aromatic nitrogens is 4. The summed E-state index contributed by atoms with van der Waals surface area (Å²) in [4.78, 5) is 47.0. The van der Waals surface area contributed by atoms with Crippen LogP contribution in [0.25, 0.3) is 0 Å². The molecule has 0 aliphatic heterocycles. The number of aryl methyl sites for hydroxylation is 2. The molecule has 6 N–H and O–H groups in total. The summed E-state index contributed by atoms with van der Waals surface area (Å²) in [5, 5.41) is 19.8. The molecule has 13 nitrogen and oxygen atoms in total. The van der Waals surface area contributed by atoms with Crippen molar-refractivity contribution in [1.82, 2.24) is 29.7 Å². The second-order valence-electron chi connectivity index (χ2n) is 9.76. The van der Waals surface area contributed by atoms with E-state index in [4.69, 9.17) is 15.9 Å². The fraction of sp³-hybridized carbons (Fsp3) is 0.379. The number of nitrogens with zero attached hydrogens (tertiary/aromatic N) is 6. The lowest BCUT2D eigenvalue weighted by Gasteiger charge is -2.27. The van der Waals surface area contributed by atoms with Gasteiger partial charge in [-0.15, -0.1) is 0 Å². The maximum Gasteiger partial charge on any atom is 0.234 e. The summed E-state index contributed by atoms with van der Waals surface area (Å²) < 4.78 is 5.41. The summed E-state index contributed by atoms with van der Waals surface area (Å²) >= 11 is 0. The average Bonchev–Trinajstić information content (AvgIpc) is 3.50. The SMILES string of the molecule is CC(=C(CCO)SSC(CCO)=C(C)N(Cc1cnc(C)nc1N)C(=O)Cc1ccco1)N(C=O)Cc1cnc(C)nc1N. The Labute approximate surface area is 264 Å². The van der Waals surface area contributed by atoms with Crippen LogP contribution in [-0.2, 0) is 29.1 Å². The molecule has 44 heavy (non-hydrogen) atoms. The summed E-state index contributed by atoms with van der Waals surface area (Å²) in [6.45, 7) is 6.97. The fourth-order valence-corrected chi connectivity index (χ4v) is 6.94. The maximum atomic E-state index is 13.6. The van der Waals surface area contributed by atoms with Crippen LogP contribution < -0.4 is 11.5 Å². The number of anilines is 2. The Bertz CT molecular complexity index is 1500. The van der Waals surface area contributed by atoms with Crippen molar-refractivity contribution in [2.75, 3.05) is 24.7 Å². The molecule has 3 aromatic rings. The molecule has 236 valence electrons. The van der Waals surface area contributed by atoms with Gasteiger partial charge in [-0.25, -0.2) is 19.9 Å². The Morgan fingerprint density at radius 2 is 1.48 bits per heavy atom. The van der Waals surface area contributed by atoms with E-state index < -0.39 is 0 Å². The monoisotopic (exact) mass is 642 g/mol. The van der Waals surface area contributed by atoms with E-state index in [1.54, 1.807) is 57.1 Å². The number of carbonyl (C=O) groups is 2. The quantitative estimate of drug-likeness (QED) is 0.131. The number of carbonyl (C=O) groups excluding carboxylic acids is 2. The zero-order chi connectivity index (χ0) is 32.2. The Morgan fingerprint density at radius 1 is 0.932 bits per heavy atom. The molecule has 0 aromatic carbocycles. The smallest absolute Gasteiger partial charge is 0.234 e. The number of amides is 2. The fourth-order valence-electron chi connectivity index (χ4n) is 4.09. The second-order valence-corrected chi connectivity index (χ2v) is 12.1. The van der Waals surface area contributed by atoms with Crippen LogP contribution in [-0.4, -0.2) is 65.5 Å². The zero-order valence-electron chi connectivity index (χ0n) is 25.2. The van der Waals surface area contributed by atoms with Crippen LogP contribution in [0.5, 0.6) is 0 Å². The van der Waals surface area contributed by atoms with E-state index in [2.05, 4.69) is 19.9 Å². The number of furan rings is 1. The number of hydrogen-bond acceptors (Lipinski definition) is 13. The van der Waals surface area contributed by atoms with Crippen molar-refractivity contribution in [2.45, 2.75) is 60.0 Å². The molecular weight excluding hydrogens is 605 g/mol. The van der Waals surface area contributed by atoms with Crippen LogP contribution in [0, 0.1) is 13.8 Å². The molecule has 0 aliphatic carbocycles. The van der Waals surface area contributed by atoms with Crippen molar-refractivity contribution < 1.29 is 24.2 Å². The summed E-state index contributed by atoms with van der Waals surface area (Å²) in [5.74, 6) is 1.85. The van der Waals surface area contributed by atoms with Gasteiger partial charge < -0.3 is 35.9 Å². The van der Waals surface area contributed by atoms with Crippen LogP contribution in [0.2, 0.25) is 0 Å². The van der Waals surface area contributed by atoms with Crippen molar-refractivity contribution >= 4 is 45.5 Å². The number of nitrogen functional groups attached to an aromatic ring is 2. The molecule has 2 amide bonds. The number of hydrogen-bond donors (Lipinski definition) is 4. The van der Waals surface area contributed by atoms with Crippen molar-refractivity contribution in [1.29, 1.82) is 0 Å². The van der Waals surface area contributed by atoms with Gasteiger partial charge in [0.2, 0.25) is 12.3 Å². The summed E-state index contributed by atoms with van der Waals surface area (Å²) in [5.41, 5.74) is 14.6. The van der Waals surface area contributed by atoms with Crippen molar-refractivity contribution in [3.63, 3.8) is 0 Å². The van der Waals surface area contributed by atoms with E-state index in [-0.39, 0.29) is 63.1 Å². The van der Waals surface area contributed by atoms with E-state index in [9.17, 15) is 19.8 Å². The highest BCUT2D eigenvalue weighted by atomic mass is 33.1. The average molecular weight is 643 g/mol. The van der Waals surface area contributed by atoms with Crippen molar-refractivity contribution in [3.05, 3.63) is 80.5 Å². The van der Waals surface area contributed by atoms with Gasteiger partial charge in [-0.1, -0.05) is 21.6 Å². The molecule has 0 atom stereocenters. The molecule has 0 unspecified atom stereocenters. The highest BCUT2D eigenvalue weighted by Crippen LogP contribution is 2.43. The topological polar surface area (TPSA) is 198 Å². The Morgan fingerprint density at radius 3 is 1.95 bits per heavy atom. The lowest BCUT2D eigenvalue weighted by molar-refractivity contribution is -0.129. The largest absolute Gasteiger partial charge is 0.469 e. The second kappa shape index (κ2) is 16.8. The van der Waals surface area contributed by atoms with E-state index in [1.165, 1.54) is 32.8 Å². The maximum absolute atomic E-state index is 13.6. The van der Waals surface area contributed by atoms with Crippen molar-refractivity contribution in [3.8, 4) is 0 Å². The minimum atomic E-state index is -0.245. The van der Waals surface area contributed by atoms with Crippen molar-refractivity contribution in [2.24, 2.45) is 0 Å². The first-order valence-electron chi connectivity index (χ1n) is 13.7. The number of allylic oxidation sites excluding steroid dienone is 2. The molecule has 15 heteroatoms. The van der Waals surface area contributed by atoms with Crippen LogP contribution in [0.15, 0.2) is 56.4 Å². The first kappa shape index (κ1) is 34.6. The van der Waals surface area contributed by atoms with Crippen LogP contribution >= 0.6 is 21.6 Å². The van der Waals surface area contributed by atoms with Gasteiger partial charge in [-0.2, -0.15) is 0 Å². The van der Waals surface area contributed by atoms with Gasteiger partial charge in [0, 0.05) is 70.8 Å². The lowest BCUT2D eigenvalue weighted by Crippen LogP contribution is -2.31. The Balaban J connectivity index is 1.94. The summed E-state index contributed by atoms with van der Waals surface area (Å²) in [7, 11) is 2.67. The Kier molecular flexibility index (Phi) is 13.2. The van der Waals surface area contributed by atoms with Crippen LogP contribution in [0.3, 0.4) is 0 Å². The molecule has 0 bridgehead atoms. The molecule has 0 radical (unpaired) electrons. The molecule has 0 spiro atoms. The lowest BCUT2D eigenvalue weighted by atomic mass is 10.2. The predicted octanol–water partition coefficient (Wildman–Crippen LogP) is 3.48. The molecule has 0 aliphatic rings. The first-order chi connectivity index (χ1) is 21.1. The first-order valence-corrected chi connectivity index (χ1v) is 15.9. The highest BCUT2D eigenvalue weighted by Gasteiger charge is 2.23. The molecule has 0 saturated heterocycles. The minimum Gasteiger partial charge on any atom is -0.469 e. The zero-order valence-corrected chi connectivity index (χ0v) is 26.8. The molecular formula is C29H38N8O5S2. The third kappa shape index (κ3) is 9.54. The third-order valence-electron chi connectivity index (χ3n) is 6.60. The summed E-state index contributed by atoms with van der Waals surface area (Å²) in [6, 6.07) is 3.44. The summed E-state index contributed by atoms with van der Waals surface area (Å²) in [6.07, 6.45) is 5.92. The van der Waals surface area contributed by atoms with Gasteiger partial charge in [-0.3, -0.25) is 9.59 Å². The van der Waals surface area contributed by atoms with E-state index >= 15 is 0 Å². The third-order valence-corrected chi connectivity index (χ3v) is 9.55. The van der Waals surface area contributed by atoms with Gasteiger partial charge in [0.1, 0.15) is 29.0 Å². The van der Waals surface area contributed by atoms with E-state index in [0.29, 0.717) is 51.2 Å². The molecule has 0 saturated carbocycles.